The number of phenols is 1. The van der Waals surface area contributed by atoms with E-state index >= 15 is 0 Å². The number of aromatic hydroxyl groups is 1. The molecule has 2 aromatic heterocycles. The lowest BCUT2D eigenvalue weighted by Crippen LogP contribution is -2.17. The van der Waals surface area contributed by atoms with Crippen LogP contribution >= 0.6 is 11.3 Å². The van der Waals surface area contributed by atoms with E-state index < -0.39 is 0 Å². The first-order chi connectivity index (χ1) is 13.9. The van der Waals surface area contributed by atoms with E-state index in [-0.39, 0.29) is 5.75 Å². The normalized spacial score (nSPS) is 12.1. The number of phenolic OH excluding ortho intramolecular Hbond substituents is 1. The second-order valence-electron chi connectivity index (χ2n) is 6.67. The highest BCUT2D eigenvalue weighted by Crippen LogP contribution is 2.40. The van der Waals surface area contributed by atoms with Crippen molar-refractivity contribution in [3.8, 4) is 17.4 Å². The maximum Gasteiger partial charge on any atom is 0.219 e. The van der Waals surface area contributed by atoms with Gasteiger partial charge in [0.2, 0.25) is 5.88 Å². The summed E-state index contributed by atoms with van der Waals surface area (Å²) in [5.41, 5.74) is 1.78. The molecule has 0 unspecified atom stereocenters. The molecule has 6 nitrogen and oxygen atoms in total. The van der Waals surface area contributed by atoms with E-state index in [1.807, 2.05) is 25.3 Å². The van der Waals surface area contributed by atoms with Crippen molar-refractivity contribution in [3.63, 3.8) is 0 Å². The number of carbonyl (C=O) groups is 1. The summed E-state index contributed by atoms with van der Waals surface area (Å²) >= 11 is 1.49. The summed E-state index contributed by atoms with van der Waals surface area (Å²) in [4.78, 5) is 17.7. The highest BCUT2D eigenvalue weighted by atomic mass is 32.1. The zero-order valence-electron chi connectivity index (χ0n) is 17.3. The van der Waals surface area contributed by atoms with Gasteiger partial charge in [-0.3, -0.25) is 0 Å². The quantitative estimate of drug-likeness (QED) is 0.545. The molecule has 0 saturated heterocycles. The molecule has 0 bridgehead atoms. The van der Waals surface area contributed by atoms with E-state index in [9.17, 15) is 5.11 Å². The molecular formula is C22H27N3O3S. The smallest absolute Gasteiger partial charge is 0.219 e. The predicted molar refractivity (Wildman–Crippen MR) is 119 cm³/mol. The Bertz CT molecular complexity index is 965. The van der Waals surface area contributed by atoms with Gasteiger partial charge in [-0.15, -0.1) is 11.3 Å². The first kappa shape index (κ1) is 22.5. The number of pyridine rings is 1. The molecule has 0 aliphatic heterocycles. The van der Waals surface area contributed by atoms with Crippen molar-refractivity contribution in [2.75, 3.05) is 7.05 Å². The lowest BCUT2D eigenvalue weighted by atomic mass is 10.2. The lowest BCUT2D eigenvalue weighted by molar-refractivity contribution is -0.106. The Balaban J connectivity index is 0.000000941. The van der Waals surface area contributed by atoms with Crippen LogP contribution in [0.2, 0.25) is 0 Å². The van der Waals surface area contributed by atoms with Gasteiger partial charge in [0, 0.05) is 24.2 Å². The molecule has 2 N–H and O–H groups in total. The van der Waals surface area contributed by atoms with Crippen molar-refractivity contribution >= 4 is 33.9 Å². The Labute approximate surface area is 175 Å². The van der Waals surface area contributed by atoms with E-state index in [2.05, 4.69) is 42.1 Å². The molecule has 154 valence electrons. The fourth-order valence-corrected chi connectivity index (χ4v) is 3.33. The Morgan fingerprint density at radius 1 is 1.21 bits per heavy atom. The van der Waals surface area contributed by atoms with Gasteiger partial charge in [0.1, 0.15) is 11.0 Å². The van der Waals surface area contributed by atoms with Gasteiger partial charge in [-0.2, -0.15) is 0 Å². The minimum absolute atomic E-state index is 0.112. The van der Waals surface area contributed by atoms with Gasteiger partial charge < -0.3 is 20.0 Å². The number of hydrogen-bond acceptors (Lipinski definition) is 7. The van der Waals surface area contributed by atoms with Gasteiger partial charge in [-0.05, 0) is 44.7 Å². The third-order valence-corrected chi connectivity index (χ3v) is 5.39. The second kappa shape index (κ2) is 10.7. The molecule has 0 saturated carbocycles. The van der Waals surface area contributed by atoms with Crippen molar-refractivity contribution in [3.05, 3.63) is 47.1 Å². The molecule has 3 aromatic rings. The van der Waals surface area contributed by atoms with Crippen LogP contribution in [-0.4, -0.2) is 34.5 Å². The second-order valence-corrected chi connectivity index (χ2v) is 7.70. The van der Waals surface area contributed by atoms with Gasteiger partial charge in [-0.1, -0.05) is 26.0 Å². The van der Waals surface area contributed by atoms with Gasteiger partial charge in [0.25, 0.3) is 0 Å². The fourth-order valence-electron chi connectivity index (χ4n) is 2.32. The fraction of sp³-hybridized carbons (Fsp3) is 0.318. The molecule has 0 radical (unpaired) electrons. The number of ether oxygens (including phenoxy) is 1. The lowest BCUT2D eigenvalue weighted by Gasteiger charge is -2.07. The third-order valence-electron chi connectivity index (χ3n) is 4.01. The molecular weight excluding hydrogens is 386 g/mol. The summed E-state index contributed by atoms with van der Waals surface area (Å²) in [5.74, 6) is 1.26. The SMILES string of the molecule is CC=O.CN[C@@H](C)/C=C/c1ccc(Oc2ccc3nc(C(C)C)sc3c2O)nc1. The topological polar surface area (TPSA) is 84.3 Å². The molecule has 0 fully saturated rings. The standard InChI is InChI=1S/C20H23N3O2S.C2H4O/c1-12(2)20-23-15-8-9-16(18(24)19(15)26-20)25-17-10-7-14(11-22-17)6-5-13(3)21-4;1-2-3/h5-13,21,24H,1-4H3;2H,1H3/b6-5+;/t13-;/m0./s1. The zero-order chi connectivity index (χ0) is 21.4. The first-order valence-corrected chi connectivity index (χ1v) is 10.2. The minimum atomic E-state index is 0.112. The molecule has 3 rings (SSSR count). The highest BCUT2D eigenvalue weighted by molar-refractivity contribution is 7.19. The highest BCUT2D eigenvalue weighted by Gasteiger charge is 2.15. The zero-order valence-corrected chi connectivity index (χ0v) is 18.2. The largest absolute Gasteiger partial charge is 0.503 e. The first-order valence-electron chi connectivity index (χ1n) is 9.41. The van der Waals surface area contributed by atoms with Crippen molar-refractivity contribution in [1.82, 2.24) is 15.3 Å². The van der Waals surface area contributed by atoms with E-state index in [1.165, 1.54) is 18.3 Å². The summed E-state index contributed by atoms with van der Waals surface area (Å²) in [5, 5.41) is 14.7. The summed E-state index contributed by atoms with van der Waals surface area (Å²) in [6.07, 6.45) is 6.56. The van der Waals surface area contributed by atoms with Crippen LogP contribution in [0.15, 0.2) is 36.5 Å². The number of likely N-dealkylation sites (N-methyl/N-ethyl adjacent to an activating group) is 1. The Hall–Kier alpha value is -2.77. The Morgan fingerprint density at radius 2 is 1.93 bits per heavy atom. The number of thiazole rings is 1. The number of aldehydes is 1. The monoisotopic (exact) mass is 413 g/mol. The Kier molecular flexibility index (Phi) is 8.30. The van der Waals surface area contributed by atoms with E-state index in [4.69, 9.17) is 9.53 Å². The molecule has 0 aliphatic rings. The summed E-state index contributed by atoms with van der Waals surface area (Å²) in [6, 6.07) is 7.61. The number of hydrogen-bond donors (Lipinski definition) is 2. The number of fused-ring (bicyclic) bond motifs is 1. The molecule has 2 heterocycles. The molecule has 0 amide bonds. The average Bonchev–Trinajstić information content (AvgIpc) is 3.15. The van der Waals surface area contributed by atoms with E-state index in [1.54, 1.807) is 18.3 Å². The van der Waals surface area contributed by atoms with Gasteiger partial charge in [0.05, 0.1) is 10.5 Å². The number of aromatic nitrogens is 2. The van der Waals surface area contributed by atoms with Crippen LogP contribution in [0.1, 0.15) is 44.2 Å². The third kappa shape index (κ3) is 6.10. The summed E-state index contributed by atoms with van der Waals surface area (Å²) < 4.78 is 6.51. The van der Waals surface area contributed by atoms with E-state index in [0.29, 0.717) is 23.6 Å². The average molecular weight is 414 g/mol. The number of carbonyl (C=O) groups excluding carboxylic acids is 1. The van der Waals surface area contributed by atoms with Gasteiger partial charge >= 0.3 is 0 Å². The molecule has 0 aliphatic carbocycles. The number of benzene rings is 1. The molecule has 0 spiro atoms. The van der Waals surface area contributed by atoms with Crippen LogP contribution in [0.4, 0.5) is 0 Å². The van der Waals surface area contributed by atoms with Crippen molar-refractivity contribution < 1.29 is 14.6 Å². The Morgan fingerprint density at radius 3 is 2.52 bits per heavy atom. The van der Waals surface area contributed by atoms with Crippen LogP contribution < -0.4 is 10.1 Å². The van der Waals surface area contributed by atoms with Crippen LogP contribution in [0.25, 0.3) is 16.3 Å². The predicted octanol–water partition coefficient (Wildman–Crippen LogP) is 5.14. The van der Waals surface area contributed by atoms with E-state index in [0.717, 1.165) is 27.1 Å². The van der Waals surface area contributed by atoms with Crippen LogP contribution in [0.5, 0.6) is 17.4 Å². The maximum atomic E-state index is 10.5. The van der Waals surface area contributed by atoms with Crippen LogP contribution in [-0.2, 0) is 4.79 Å². The van der Waals surface area contributed by atoms with Crippen molar-refractivity contribution in [1.29, 1.82) is 0 Å². The van der Waals surface area contributed by atoms with Crippen molar-refractivity contribution in [2.45, 2.75) is 39.7 Å². The van der Waals surface area contributed by atoms with Crippen LogP contribution in [0, 0.1) is 0 Å². The number of rotatable bonds is 6. The molecule has 29 heavy (non-hydrogen) atoms. The van der Waals surface area contributed by atoms with Gasteiger partial charge in [-0.25, -0.2) is 9.97 Å². The minimum Gasteiger partial charge on any atom is -0.503 e. The molecule has 1 atom stereocenters. The maximum absolute atomic E-state index is 10.5. The van der Waals surface area contributed by atoms with Crippen molar-refractivity contribution in [2.24, 2.45) is 0 Å². The molecule has 7 heteroatoms. The summed E-state index contributed by atoms with van der Waals surface area (Å²) in [7, 11) is 1.92. The summed E-state index contributed by atoms with van der Waals surface area (Å²) in [6.45, 7) is 7.69. The van der Waals surface area contributed by atoms with Gasteiger partial charge in [0.15, 0.2) is 11.5 Å². The molecule has 1 aromatic carbocycles. The number of nitrogens with one attached hydrogen (secondary N) is 1. The number of nitrogens with zero attached hydrogens (tertiary/aromatic N) is 2. The van der Waals surface area contributed by atoms with Crippen LogP contribution in [0.3, 0.4) is 0 Å².